The van der Waals surface area contributed by atoms with E-state index in [-0.39, 0.29) is 0 Å². The summed E-state index contributed by atoms with van der Waals surface area (Å²) in [6.07, 6.45) is 6.26. The summed E-state index contributed by atoms with van der Waals surface area (Å²) < 4.78 is 0. The minimum atomic E-state index is 0.515. The van der Waals surface area contributed by atoms with Crippen molar-refractivity contribution < 1.29 is 0 Å². The Bertz CT molecular complexity index is 607. The van der Waals surface area contributed by atoms with Crippen LogP contribution >= 0.6 is 12.2 Å². The molecule has 0 aliphatic carbocycles. The second kappa shape index (κ2) is 8.17. The first kappa shape index (κ1) is 18.2. The summed E-state index contributed by atoms with van der Waals surface area (Å²) in [6.45, 7) is 7.78. The molecule has 2 N–H and O–H groups in total. The third-order valence-electron chi connectivity index (χ3n) is 5.23. The van der Waals surface area contributed by atoms with E-state index in [4.69, 9.17) is 22.2 Å². The fourth-order valence-electron chi connectivity index (χ4n) is 3.79. The van der Waals surface area contributed by atoms with Gasteiger partial charge in [-0.1, -0.05) is 6.92 Å². The molecule has 138 valence electrons. The zero-order chi connectivity index (χ0) is 17.8. The molecule has 0 spiro atoms. The molecule has 0 unspecified atom stereocenters. The van der Waals surface area contributed by atoms with Crippen molar-refractivity contribution in [1.82, 2.24) is 15.3 Å². The molecule has 2 aliphatic heterocycles. The molecule has 3 rings (SSSR count). The first-order chi connectivity index (χ1) is 12.1. The smallest absolute Gasteiger partial charge is 0.232 e. The standard InChI is InChI=1S/C18H30N6S/c1-13-7-6-9-23(12-13)15-11-16(24-10-5-4-8-14(24)2)21-17(20-15)22-18(25)19-3/h11,13-14H,4-10,12H2,1-3H3,(H2,19,20,21,22,25)/t13-,14+/m1/s1. The first-order valence-corrected chi connectivity index (χ1v) is 9.87. The molecule has 25 heavy (non-hydrogen) atoms. The van der Waals surface area contributed by atoms with Gasteiger partial charge < -0.3 is 20.4 Å². The summed E-state index contributed by atoms with van der Waals surface area (Å²) in [6, 6.07) is 2.67. The lowest BCUT2D eigenvalue weighted by Crippen LogP contribution is -2.39. The molecule has 0 amide bonds. The molecule has 2 aliphatic rings. The van der Waals surface area contributed by atoms with Crippen molar-refractivity contribution in [3.63, 3.8) is 0 Å². The third kappa shape index (κ3) is 4.51. The quantitative estimate of drug-likeness (QED) is 0.802. The molecule has 3 heterocycles. The highest BCUT2D eigenvalue weighted by Crippen LogP contribution is 2.29. The van der Waals surface area contributed by atoms with Gasteiger partial charge in [0, 0.05) is 38.8 Å². The summed E-state index contributed by atoms with van der Waals surface area (Å²) in [4.78, 5) is 14.3. The normalized spacial score (nSPS) is 24.1. The van der Waals surface area contributed by atoms with Gasteiger partial charge in [0.15, 0.2) is 5.11 Å². The van der Waals surface area contributed by atoms with Gasteiger partial charge in [0.05, 0.1) is 0 Å². The highest BCUT2D eigenvalue weighted by Gasteiger charge is 2.24. The zero-order valence-corrected chi connectivity index (χ0v) is 16.4. The largest absolute Gasteiger partial charge is 0.365 e. The molecule has 0 bridgehead atoms. The molecule has 2 fully saturated rings. The van der Waals surface area contributed by atoms with Crippen LogP contribution in [0.5, 0.6) is 0 Å². The monoisotopic (exact) mass is 362 g/mol. The molecule has 6 nitrogen and oxygen atoms in total. The number of aromatic nitrogens is 2. The van der Waals surface area contributed by atoms with Crippen LogP contribution < -0.4 is 20.4 Å². The SMILES string of the molecule is CNC(=S)Nc1nc(N2CCC[C@@H](C)C2)cc(N2CCCC[C@@H]2C)n1. The summed E-state index contributed by atoms with van der Waals surface area (Å²) in [5.74, 6) is 3.31. The molecule has 0 radical (unpaired) electrons. The van der Waals surface area contributed by atoms with E-state index < -0.39 is 0 Å². The first-order valence-electron chi connectivity index (χ1n) is 9.46. The minimum Gasteiger partial charge on any atom is -0.365 e. The van der Waals surface area contributed by atoms with Gasteiger partial charge in [0.2, 0.25) is 5.95 Å². The van der Waals surface area contributed by atoms with Crippen LogP contribution in [0.1, 0.15) is 46.0 Å². The van der Waals surface area contributed by atoms with Gasteiger partial charge >= 0.3 is 0 Å². The van der Waals surface area contributed by atoms with E-state index in [9.17, 15) is 0 Å². The van der Waals surface area contributed by atoms with E-state index in [1.165, 1.54) is 32.1 Å². The van der Waals surface area contributed by atoms with Crippen LogP contribution in [0, 0.1) is 5.92 Å². The number of thiocarbonyl (C=S) groups is 1. The second-order valence-electron chi connectivity index (χ2n) is 7.34. The van der Waals surface area contributed by atoms with Gasteiger partial charge in [0.1, 0.15) is 11.6 Å². The number of hydrogen-bond donors (Lipinski definition) is 2. The highest BCUT2D eigenvalue weighted by atomic mass is 32.1. The van der Waals surface area contributed by atoms with Gasteiger partial charge in [-0.3, -0.25) is 0 Å². The Labute approximate surface area is 156 Å². The van der Waals surface area contributed by atoms with Crippen molar-refractivity contribution in [2.24, 2.45) is 5.92 Å². The fraction of sp³-hybridized carbons (Fsp3) is 0.722. The highest BCUT2D eigenvalue weighted by molar-refractivity contribution is 7.80. The lowest BCUT2D eigenvalue weighted by atomic mass is 10.0. The number of hydrogen-bond acceptors (Lipinski definition) is 5. The number of piperidine rings is 2. The van der Waals surface area contributed by atoms with E-state index in [0.717, 1.165) is 31.3 Å². The van der Waals surface area contributed by atoms with Gasteiger partial charge in [0.25, 0.3) is 0 Å². The zero-order valence-electron chi connectivity index (χ0n) is 15.6. The van der Waals surface area contributed by atoms with Gasteiger partial charge in [-0.25, -0.2) is 0 Å². The van der Waals surface area contributed by atoms with Crippen molar-refractivity contribution in [2.45, 2.75) is 52.0 Å². The Hall–Kier alpha value is -1.63. The predicted molar refractivity (Wildman–Crippen MR) is 109 cm³/mol. The number of rotatable bonds is 3. The Balaban J connectivity index is 1.91. The van der Waals surface area contributed by atoms with Gasteiger partial charge in [-0.15, -0.1) is 0 Å². The van der Waals surface area contributed by atoms with Gasteiger partial charge in [-0.2, -0.15) is 9.97 Å². The van der Waals surface area contributed by atoms with E-state index in [0.29, 0.717) is 23.0 Å². The number of nitrogens with one attached hydrogen (secondary N) is 2. The maximum atomic E-state index is 5.25. The Morgan fingerprint density at radius 2 is 1.92 bits per heavy atom. The summed E-state index contributed by atoms with van der Waals surface area (Å²) in [5.41, 5.74) is 0. The van der Waals surface area contributed by atoms with Crippen LogP contribution in [-0.2, 0) is 0 Å². The van der Waals surface area contributed by atoms with Crippen LogP contribution in [0.2, 0.25) is 0 Å². The Kier molecular flexibility index (Phi) is 5.93. The summed E-state index contributed by atoms with van der Waals surface area (Å²) >= 11 is 5.25. The molecule has 2 saturated heterocycles. The van der Waals surface area contributed by atoms with Crippen molar-refractivity contribution in [3.05, 3.63) is 6.07 Å². The number of anilines is 3. The van der Waals surface area contributed by atoms with E-state index in [2.05, 4.69) is 40.3 Å². The molecule has 2 atom stereocenters. The average molecular weight is 363 g/mol. The average Bonchev–Trinajstić information content (AvgIpc) is 2.61. The van der Waals surface area contributed by atoms with E-state index >= 15 is 0 Å². The lowest BCUT2D eigenvalue weighted by molar-refractivity contribution is 0.444. The minimum absolute atomic E-state index is 0.515. The van der Waals surface area contributed by atoms with Crippen molar-refractivity contribution >= 4 is 34.9 Å². The van der Waals surface area contributed by atoms with Crippen molar-refractivity contribution in [1.29, 1.82) is 0 Å². The molecule has 1 aromatic rings. The molecule has 0 aromatic carbocycles. The molecular weight excluding hydrogens is 332 g/mol. The van der Waals surface area contributed by atoms with Crippen LogP contribution in [-0.4, -0.2) is 47.8 Å². The van der Waals surface area contributed by atoms with E-state index in [1.807, 2.05) is 0 Å². The van der Waals surface area contributed by atoms with Crippen LogP contribution in [0.15, 0.2) is 6.07 Å². The molecule has 7 heteroatoms. The predicted octanol–water partition coefficient (Wildman–Crippen LogP) is 3.01. The van der Waals surface area contributed by atoms with Crippen molar-refractivity contribution in [3.8, 4) is 0 Å². The third-order valence-corrected chi connectivity index (χ3v) is 5.54. The fourth-order valence-corrected chi connectivity index (χ4v) is 3.88. The molecular formula is C18H30N6S. The van der Waals surface area contributed by atoms with Gasteiger partial charge in [-0.05, 0) is 57.2 Å². The van der Waals surface area contributed by atoms with E-state index in [1.54, 1.807) is 7.05 Å². The molecule has 0 saturated carbocycles. The maximum Gasteiger partial charge on any atom is 0.232 e. The second-order valence-corrected chi connectivity index (χ2v) is 7.75. The topological polar surface area (TPSA) is 56.3 Å². The number of nitrogens with zero attached hydrogens (tertiary/aromatic N) is 4. The Morgan fingerprint density at radius 3 is 2.64 bits per heavy atom. The maximum absolute atomic E-state index is 5.25. The van der Waals surface area contributed by atoms with Crippen LogP contribution in [0.4, 0.5) is 17.6 Å². The Morgan fingerprint density at radius 1 is 1.12 bits per heavy atom. The summed E-state index contributed by atoms with van der Waals surface area (Å²) in [5, 5.41) is 6.61. The summed E-state index contributed by atoms with van der Waals surface area (Å²) in [7, 11) is 1.80. The van der Waals surface area contributed by atoms with Crippen LogP contribution in [0.3, 0.4) is 0 Å². The van der Waals surface area contributed by atoms with Crippen molar-refractivity contribution in [2.75, 3.05) is 41.8 Å². The lowest BCUT2D eigenvalue weighted by Gasteiger charge is -2.36. The van der Waals surface area contributed by atoms with Crippen LogP contribution in [0.25, 0.3) is 0 Å². The molecule has 1 aromatic heterocycles.